The van der Waals surface area contributed by atoms with E-state index in [1.165, 1.54) is 6.20 Å². The van der Waals surface area contributed by atoms with Crippen LogP contribution in [0, 0.1) is 6.92 Å². The summed E-state index contributed by atoms with van der Waals surface area (Å²) in [5, 5.41) is 16.1. The van der Waals surface area contributed by atoms with Crippen molar-refractivity contribution in [1.82, 2.24) is 19.0 Å². The molecule has 2 atom stereocenters. The van der Waals surface area contributed by atoms with Crippen molar-refractivity contribution in [1.29, 1.82) is 0 Å². The topological polar surface area (TPSA) is 80.2 Å². The van der Waals surface area contributed by atoms with E-state index < -0.39 is 6.10 Å². The number of aryl methyl sites for hydroxylation is 1. The second-order valence-electron chi connectivity index (χ2n) is 4.17. The van der Waals surface area contributed by atoms with Gasteiger partial charge < -0.3 is 15.2 Å². The van der Waals surface area contributed by atoms with Crippen molar-refractivity contribution in [2.45, 2.75) is 26.0 Å². The van der Waals surface area contributed by atoms with Crippen LogP contribution in [0.4, 0.5) is 0 Å². The second kappa shape index (κ2) is 6.90. The Morgan fingerprint density at radius 2 is 2.37 bits per heavy atom. The Morgan fingerprint density at radius 3 is 3.00 bits per heavy atom. The molecular formula is C11H16N4O2S2. The van der Waals surface area contributed by atoms with Crippen LogP contribution in [0.1, 0.15) is 23.7 Å². The van der Waals surface area contributed by atoms with Gasteiger partial charge in [-0.2, -0.15) is 4.37 Å². The molecule has 0 aliphatic rings. The number of rotatable bonds is 7. The molecule has 0 radical (unpaired) electrons. The molecule has 0 saturated carbocycles. The third-order valence-electron chi connectivity index (χ3n) is 2.43. The van der Waals surface area contributed by atoms with Gasteiger partial charge in [-0.05, 0) is 13.8 Å². The molecule has 2 heterocycles. The molecular weight excluding hydrogens is 284 g/mol. The van der Waals surface area contributed by atoms with E-state index in [0.717, 1.165) is 22.4 Å². The van der Waals surface area contributed by atoms with Gasteiger partial charge in [0.05, 0.1) is 17.8 Å². The Kier molecular flexibility index (Phi) is 5.20. The second-order valence-corrected chi connectivity index (χ2v) is 5.61. The Bertz CT molecular complexity index is 489. The Morgan fingerprint density at radius 1 is 1.53 bits per heavy atom. The third-order valence-corrected chi connectivity index (χ3v) is 4.04. The maximum atomic E-state index is 9.80. The molecule has 2 unspecified atom stereocenters. The molecule has 6 nitrogen and oxygen atoms in total. The van der Waals surface area contributed by atoms with Gasteiger partial charge in [-0.15, -0.1) is 15.7 Å². The molecule has 0 bridgehead atoms. The van der Waals surface area contributed by atoms with Gasteiger partial charge >= 0.3 is 0 Å². The Balaban J connectivity index is 1.69. The van der Waals surface area contributed by atoms with Crippen molar-refractivity contribution in [2.24, 2.45) is 0 Å². The van der Waals surface area contributed by atoms with Crippen molar-refractivity contribution < 1.29 is 9.84 Å². The van der Waals surface area contributed by atoms with Crippen LogP contribution in [0.5, 0.6) is 5.88 Å². The molecule has 2 N–H and O–H groups in total. The SMILES string of the molecule is Cc1csc(C(C)NCC(O)COc2cnsn2)n1. The predicted octanol–water partition coefficient (Wildman–Crippen LogP) is 1.39. The van der Waals surface area contributed by atoms with Gasteiger partial charge in [0, 0.05) is 17.6 Å². The highest BCUT2D eigenvalue weighted by atomic mass is 32.1. The third kappa shape index (κ3) is 4.50. The first-order chi connectivity index (χ1) is 9.15. The molecule has 2 aromatic rings. The summed E-state index contributed by atoms with van der Waals surface area (Å²) in [5.41, 5.74) is 1.02. The van der Waals surface area contributed by atoms with E-state index in [-0.39, 0.29) is 12.6 Å². The van der Waals surface area contributed by atoms with Crippen molar-refractivity contribution in [2.75, 3.05) is 13.2 Å². The van der Waals surface area contributed by atoms with Gasteiger partial charge in [0.1, 0.15) is 23.9 Å². The molecule has 0 aliphatic heterocycles. The van der Waals surface area contributed by atoms with E-state index in [4.69, 9.17) is 4.74 Å². The number of hydrogen-bond donors (Lipinski definition) is 2. The van der Waals surface area contributed by atoms with E-state index in [1.54, 1.807) is 11.3 Å². The van der Waals surface area contributed by atoms with Gasteiger partial charge in [0.15, 0.2) is 0 Å². The van der Waals surface area contributed by atoms with Crippen LogP contribution in [0.2, 0.25) is 0 Å². The summed E-state index contributed by atoms with van der Waals surface area (Å²) < 4.78 is 13.0. The number of thiazole rings is 1. The van der Waals surface area contributed by atoms with Crippen molar-refractivity contribution in [3.8, 4) is 5.88 Å². The summed E-state index contributed by atoms with van der Waals surface area (Å²) in [4.78, 5) is 4.40. The zero-order valence-electron chi connectivity index (χ0n) is 10.7. The van der Waals surface area contributed by atoms with E-state index in [1.807, 2.05) is 19.2 Å². The normalized spacial score (nSPS) is 14.3. The number of aliphatic hydroxyl groups is 1. The molecule has 0 aliphatic carbocycles. The monoisotopic (exact) mass is 300 g/mol. The fourth-order valence-corrected chi connectivity index (χ4v) is 2.62. The minimum atomic E-state index is -0.592. The number of nitrogens with one attached hydrogen (secondary N) is 1. The maximum absolute atomic E-state index is 9.80. The highest BCUT2D eigenvalue weighted by molar-refractivity contribution is 7.09. The molecule has 0 amide bonds. The van der Waals surface area contributed by atoms with Crippen molar-refractivity contribution in [3.63, 3.8) is 0 Å². The lowest BCUT2D eigenvalue weighted by Crippen LogP contribution is -2.33. The lowest BCUT2D eigenvalue weighted by Gasteiger charge is -2.15. The standard InChI is InChI=1S/C11H16N4O2S2/c1-7-6-18-11(14-7)8(2)12-3-9(16)5-17-10-4-13-19-15-10/h4,6,8-9,12,16H,3,5H2,1-2H3. The van der Waals surface area contributed by atoms with Crippen molar-refractivity contribution in [3.05, 3.63) is 22.3 Å². The van der Waals surface area contributed by atoms with Gasteiger partial charge in [0.25, 0.3) is 0 Å². The summed E-state index contributed by atoms with van der Waals surface area (Å²) in [7, 11) is 0. The Hall–Kier alpha value is -1.09. The molecule has 0 fully saturated rings. The van der Waals surface area contributed by atoms with E-state index >= 15 is 0 Å². The summed E-state index contributed by atoms with van der Waals surface area (Å²) in [6, 6.07) is 0.120. The van der Waals surface area contributed by atoms with E-state index in [0.29, 0.717) is 12.4 Å². The molecule has 0 aromatic carbocycles. The van der Waals surface area contributed by atoms with Gasteiger partial charge in [-0.3, -0.25) is 0 Å². The lowest BCUT2D eigenvalue weighted by molar-refractivity contribution is 0.102. The summed E-state index contributed by atoms with van der Waals surface area (Å²) >= 11 is 2.70. The van der Waals surface area contributed by atoms with Gasteiger partial charge in [-0.1, -0.05) is 0 Å². The molecule has 2 aromatic heterocycles. The minimum Gasteiger partial charge on any atom is -0.473 e. The van der Waals surface area contributed by atoms with E-state index in [2.05, 4.69) is 19.0 Å². The van der Waals surface area contributed by atoms with Gasteiger partial charge in [-0.25, -0.2) is 4.98 Å². The van der Waals surface area contributed by atoms with Crippen LogP contribution >= 0.6 is 23.1 Å². The summed E-state index contributed by atoms with van der Waals surface area (Å²) in [6.07, 6.45) is 0.941. The van der Waals surface area contributed by atoms with Crippen molar-refractivity contribution >= 4 is 23.1 Å². The first-order valence-corrected chi connectivity index (χ1v) is 7.50. The summed E-state index contributed by atoms with van der Waals surface area (Å²) in [6.45, 7) is 4.63. The highest BCUT2D eigenvalue weighted by Crippen LogP contribution is 2.17. The maximum Gasteiger partial charge on any atom is 0.245 e. The molecule has 19 heavy (non-hydrogen) atoms. The number of nitrogens with zero attached hydrogens (tertiary/aromatic N) is 3. The lowest BCUT2D eigenvalue weighted by atomic mass is 10.3. The number of hydrogen-bond acceptors (Lipinski definition) is 8. The molecule has 2 rings (SSSR count). The fourth-order valence-electron chi connectivity index (χ4n) is 1.43. The zero-order chi connectivity index (χ0) is 13.7. The number of aliphatic hydroxyl groups excluding tert-OH is 1. The molecule has 0 spiro atoms. The first kappa shape index (κ1) is 14.3. The minimum absolute atomic E-state index is 0.120. The highest BCUT2D eigenvalue weighted by Gasteiger charge is 2.12. The average molecular weight is 300 g/mol. The van der Waals surface area contributed by atoms with Crippen LogP contribution in [-0.2, 0) is 0 Å². The smallest absolute Gasteiger partial charge is 0.245 e. The van der Waals surface area contributed by atoms with Crippen LogP contribution in [0.3, 0.4) is 0 Å². The summed E-state index contributed by atoms with van der Waals surface area (Å²) in [5.74, 6) is 0.452. The zero-order valence-corrected chi connectivity index (χ0v) is 12.4. The van der Waals surface area contributed by atoms with Crippen LogP contribution in [-0.4, -0.2) is 38.1 Å². The average Bonchev–Trinajstić information content (AvgIpc) is 3.04. The van der Waals surface area contributed by atoms with E-state index in [9.17, 15) is 5.11 Å². The van der Waals surface area contributed by atoms with Gasteiger partial charge in [0.2, 0.25) is 5.88 Å². The Labute approximate surface area is 119 Å². The molecule has 0 saturated heterocycles. The number of aromatic nitrogens is 3. The van der Waals surface area contributed by atoms with Crippen LogP contribution in [0.15, 0.2) is 11.6 Å². The number of ether oxygens (including phenoxy) is 1. The largest absolute Gasteiger partial charge is 0.473 e. The quantitative estimate of drug-likeness (QED) is 0.804. The molecule has 8 heteroatoms. The van der Waals surface area contributed by atoms with Crippen LogP contribution in [0.25, 0.3) is 0 Å². The van der Waals surface area contributed by atoms with Crippen LogP contribution < -0.4 is 10.1 Å². The molecule has 104 valence electrons. The predicted molar refractivity (Wildman–Crippen MR) is 74.7 cm³/mol. The fraction of sp³-hybridized carbons (Fsp3) is 0.545. The first-order valence-electron chi connectivity index (χ1n) is 5.89.